The van der Waals surface area contributed by atoms with Gasteiger partial charge in [0.25, 0.3) is 5.91 Å². The first-order valence-corrected chi connectivity index (χ1v) is 15.2. The zero-order chi connectivity index (χ0) is 28.6. The lowest BCUT2D eigenvalue weighted by Crippen LogP contribution is -2.56. The van der Waals surface area contributed by atoms with Gasteiger partial charge >= 0.3 is 0 Å². The Balaban J connectivity index is 1.61. The molecule has 0 radical (unpaired) electrons. The van der Waals surface area contributed by atoms with Crippen LogP contribution in [0.2, 0.25) is 5.02 Å². The van der Waals surface area contributed by atoms with Gasteiger partial charge < -0.3 is 25.6 Å². The highest BCUT2D eigenvalue weighted by Gasteiger charge is 2.41. The molecule has 10 heteroatoms. The van der Waals surface area contributed by atoms with Crippen LogP contribution in [0.3, 0.4) is 0 Å². The molecule has 3 N–H and O–H groups in total. The molecule has 2 unspecified atom stereocenters. The lowest BCUT2D eigenvalue weighted by molar-refractivity contribution is -0.143. The first kappa shape index (κ1) is 30.2. The molecule has 1 aromatic carbocycles. The maximum Gasteiger partial charge on any atom is 0.257 e. The molecule has 1 aliphatic carbocycles. The smallest absolute Gasteiger partial charge is 0.257 e. The van der Waals surface area contributed by atoms with Crippen LogP contribution < -0.4 is 20.7 Å². The summed E-state index contributed by atoms with van der Waals surface area (Å²) >= 11 is 6.22. The molecular formula is C30H43ClN4O5. The van der Waals surface area contributed by atoms with Crippen molar-refractivity contribution >= 4 is 35.2 Å². The fourth-order valence-corrected chi connectivity index (χ4v) is 6.53. The zero-order valence-corrected chi connectivity index (χ0v) is 24.4. The molecule has 1 saturated heterocycles. The molecule has 3 aliphatic rings. The number of carbonyl (C=O) groups excluding carboxylic acids is 4. The lowest BCUT2D eigenvalue weighted by Gasteiger charge is -2.35. The van der Waals surface area contributed by atoms with Crippen LogP contribution in [0.1, 0.15) is 77.2 Å². The largest absolute Gasteiger partial charge is 0.483 e. The molecule has 0 bridgehead atoms. The molecule has 220 valence electrons. The van der Waals surface area contributed by atoms with Gasteiger partial charge in [0.1, 0.15) is 17.8 Å². The predicted molar refractivity (Wildman–Crippen MR) is 153 cm³/mol. The molecule has 2 fully saturated rings. The molecular weight excluding hydrogens is 532 g/mol. The number of benzene rings is 1. The van der Waals surface area contributed by atoms with Crippen LogP contribution in [-0.2, 0) is 25.7 Å². The SMILES string of the molecule is CCC1CNC(=O)COc2ccc(Cl)cc2CNC(=O)[C@@H]2CCCN2C(=O)[C@@H](C2CCCCC2)NC(=O)CC1C. The summed E-state index contributed by atoms with van der Waals surface area (Å²) in [6.07, 6.45) is 7.33. The molecule has 4 rings (SSSR count). The van der Waals surface area contributed by atoms with Crippen molar-refractivity contribution < 1.29 is 23.9 Å². The highest BCUT2D eigenvalue weighted by Crippen LogP contribution is 2.30. The Morgan fingerprint density at radius 2 is 1.77 bits per heavy atom. The van der Waals surface area contributed by atoms with E-state index in [-0.39, 0.29) is 61.0 Å². The van der Waals surface area contributed by atoms with Gasteiger partial charge in [-0.2, -0.15) is 0 Å². The molecule has 2 heterocycles. The Morgan fingerprint density at radius 1 is 1.00 bits per heavy atom. The van der Waals surface area contributed by atoms with Crippen molar-refractivity contribution in [2.75, 3.05) is 19.7 Å². The molecule has 0 spiro atoms. The van der Waals surface area contributed by atoms with Gasteiger partial charge in [-0.05, 0) is 61.6 Å². The Labute approximate surface area is 242 Å². The Kier molecular flexibility index (Phi) is 10.7. The molecule has 40 heavy (non-hydrogen) atoms. The number of hydrogen-bond donors (Lipinski definition) is 3. The van der Waals surface area contributed by atoms with Gasteiger partial charge in [-0.15, -0.1) is 0 Å². The van der Waals surface area contributed by atoms with Crippen LogP contribution in [0.4, 0.5) is 0 Å². The van der Waals surface area contributed by atoms with E-state index in [1.54, 1.807) is 23.1 Å². The number of ether oxygens (including phenoxy) is 1. The number of halogens is 1. The summed E-state index contributed by atoms with van der Waals surface area (Å²) in [5.74, 6) is -0.205. The van der Waals surface area contributed by atoms with Crippen molar-refractivity contribution in [3.05, 3.63) is 28.8 Å². The van der Waals surface area contributed by atoms with Crippen molar-refractivity contribution in [1.82, 2.24) is 20.9 Å². The fourth-order valence-electron chi connectivity index (χ4n) is 6.34. The highest BCUT2D eigenvalue weighted by molar-refractivity contribution is 6.30. The van der Waals surface area contributed by atoms with Crippen molar-refractivity contribution in [1.29, 1.82) is 0 Å². The first-order valence-electron chi connectivity index (χ1n) is 14.8. The van der Waals surface area contributed by atoms with Gasteiger partial charge in [-0.25, -0.2) is 0 Å². The van der Waals surface area contributed by atoms with E-state index in [4.69, 9.17) is 16.3 Å². The summed E-state index contributed by atoms with van der Waals surface area (Å²) in [5, 5.41) is 9.47. The van der Waals surface area contributed by atoms with Gasteiger partial charge in [0.05, 0.1) is 0 Å². The van der Waals surface area contributed by atoms with Crippen LogP contribution in [-0.4, -0.2) is 60.3 Å². The molecule has 4 atom stereocenters. The number of rotatable bonds is 2. The maximum atomic E-state index is 14.0. The van der Waals surface area contributed by atoms with E-state index >= 15 is 0 Å². The normalized spacial score (nSPS) is 28.1. The Morgan fingerprint density at radius 3 is 2.52 bits per heavy atom. The molecule has 2 aliphatic heterocycles. The number of hydrogen-bond acceptors (Lipinski definition) is 5. The van der Waals surface area contributed by atoms with E-state index in [0.717, 1.165) is 44.9 Å². The minimum Gasteiger partial charge on any atom is -0.483 e. The standard InChI is InChI=1S/C30H43ClN4O5/c1-3-20-16-32-27(37)18-40-25-12-11-23(31)15-22(25)17-33-29(38)24-10-7-13-35(24)30(39)28(21-8-5-4-6-9-21)34-26(36)14-19(20)2/h11-12,15,19-21,24,28H,3-10,13-14,16-18H2,1-2H3,(H,32,37)(H,33,38)(H,34,36)/t19?,20?,24-,28+/m0/s1. The number of nitrogens with zero attached hydrogens (tertiary/aromatic N) is 1. The van der Waals surface area contributed by atoms with Gasteiger partial charge in [0.15, 0.2) is 6.61 Å². The third-order valence-electron chi connectivity index (χ3n) is 8.77. The first-order chi connectivity index (χ1) is 19.3. The summed E-state index contributed by atoms with van der Waals surface area (Å²) in [6.45, 7) is 4.94. The van der Waals surface area contributed by atoms with E-state index in [9.17, 15) is 19.2 Å². The van der Waals surface area contributed by atoms with Gasteiger partial charge in [-0.1, -0.05) is 51.1 Å². The second kappa shape index (κ2) is 14.2. The van der Waals surface area contributed by atoms with Crippen molar-refractivity contribution in [2.24, 2.45) is 17.8 Å². The van der Waals surface area contributed by atoms with E-state index < -0.39 is 12.1 Å². The van der Waals surface area contributed by atoms with Crippen molar-refractivity contribution in [3.8, 4) is 5.75 Å². The zero-order valence-electron chi connectivity index (χ0n) is 23.7. The van der Waals surface area contributed by atoms with Gasteiger partial charge in [0.2, 0.25) is 17.7 Å². The summed E-state index contributed by atoms with van der Waals surface area (Å²) in [6, 6.07) is 3.84. The molecule has 9 nitrogen and oxygen atoms in total. The second-order valence-electron chi connectivity index (χ2n) is 11.5. The number of carbonyl (C=O) groups is 4. The lowest BCUT2D eigenvalue weighted by atomic mass is 9.82. The summed E-state index contributed by atoms with van der Waals surface area (Å²) in [7, 11) is 0. The highest BCUT2D eigenvalue weighted by atomic mass is 35.5. The van der Waals surface area contributed by atoms with Crippen molar-refractivity contribution in [3.63, 3.8) is 0 Å². The van der Waals surface area contributed by atoms with E-state index in [1.165, 1.54) is 0 Å². The van der Waals surface area contributed by atoms with E-state index in [1.807, 2.05) is 13.8 Å². The van der Waals surface area contributed by atoms with Crippen LogP contribution in [0.5, 0.6) is 5.75 Å². The minimum atomic E-state index is -0.636. The molecule has 1 saturated carbocycles. The van der Waals surface area contributed by atoms with Crippen LogP contribution in [0.25, 0.3) is 0 Å². The Hall–Kier alpha value is -2.81. The van der Waals surface area contributed by atoms with Crippen LogP contribution >= 0.6 is 11.6 Å². The number of amides is 4. The minimum absolute atomic E-state index is 0.00332. The third kappa shape index (κ3) is 7.68. The third-order valence-corrected chi connectivity index (χ3v) is 9.01. The summed E-state index contributed by atoms with van der Waals surface area (Å²) < 4.78 is 5.80. The average molecular weight is 575 g/mol. The van der Waals surface area contributed by atoms with Gasteiger partial charge in [0, 0.05) is 36.6 Å². The molecule has 4 amide bonds. The van der Waals surface area contributed by atoms with Crippen LogP contribution in [0.15, 0.2) is 18.2 Å². The molecule has 1 aromatic rings. The number of nitrogens with one attached hydrogen (secondary N) is 3. The van der Waals surface area contributed by atoms with E-state index in [2.05, 4.69) is 16.0 Å². The predicted octanol–water partition coefficient (Wildman–Crippen LogP) is 3.57. The maximum absolute atomic E-state index is 14.0. The van der Waals surface area contributed by atoms with Crippen LogP contribution in [0, 0.1) is 17.8 Å². The quantitative estimate of drug-likeness (QED) is 0.499. The summed E-state index contributed by atoms with van der Waals surface area (Å²) in [4.78, 5) is 54.9. The Bertz CT molecular complexity index is 1080. The second-order valence-corrected chi connectivity index (χ2v) is 12.0. The molecule has 0 aromatic heterocycles. The average Bonchev–Trinajstić information content (AvgIpc) is 3.44. The van der Waals surface area contributed by atoms with Crippen molar-refractivity contribution in [2.45, 2.75) is 90.3 Å². The number of fused-ring (bicyclic) bond motifs is 2. The monoisotopic (exact) mass is 574 g/mol. The summed E-state index contributed by atoms with van der Waals surface area (Å²) in [5.41, 5.74) is 0.648. The van der Waals surface area contributed by atoms with Gasteiger partial charge in [-0.3, -0.25) is 19.2 Å². The topological polar surface area (TPSA) is 117 Å². The van der Waals surface area contributed by atoms with E-state index in [0.29, 0.717) is 35.8 Å². The fraction of sp³-hybridized carbons (Fsp3) is 0.667.